The van der Waals surface area contributed by atoms with Gasteiger partial charge in [0.1, 0.15) is 0 Å². The number of carbonyl (C=O) groups is 2. The van der Waals surface area contributed by atoms with Crippen molar-refractivity contribution >= 4 is 27.3 Å². The Kier molecular flexibility index (Phi) is 6.34. The molecule has 0 bridgehead atoms. The summed E-state index contributed by atoms with van der Waals surface area (Å²) in [4.78, 5) is 26.2. The average molecular weight is 416 g/mol. The van der Waals surface area contributed by atoms with E-state index in [2.05, 4.69) is 10.2 Å². The standard InChI is InChI=1S/C21H25N3O4S/c1-29(27,28)19-7-3-2-6-18(19)21(26)23-17-10-8-15(9-11-17)13-24-12-4-5-16(14-24)20(22)25/h2-3,6-11,16H,4-5,12-14H2,1H3,(H2,22,25)(H,23,26). The van der Waals surface area contributed by atoms with Crippen LogP contribution in [-0.4, -0.2) is 44.5 Å². The number of nitrogens with one attached hydrogen (secondary N) is 1. The van der Waals surface area contributed by atoms with Crippen LogP contribution in [0.2, 0.25) is 0 Å². The fraction of sp³-hybridized carbons (Fsp3) is 0.333. The third-order valence-electron chi connectivity index (χ3n) is 5.06. The molecule has 2 amide bonds. The van der Waals surface area contributed by atoms with E-state index in [1.165, 1.54) is 12.1 Å². The summed E-state index contributed by atoms with van der Waals surface area (Å²) in [6.45, 7) is 2.29. The van der Waals surface area contributed by atoms with Crippen LogP contribution in [0.4, 0.5) is 5.69 Å². The van der Waals surface area contributed by atoms with E-state index < -0.39 is 15.7 Å². The maximum atomic E-state index is 12.6. The van der Waals surface area contributed by atoms with Gasteiger partial charge in [-0.3, -0.25) is 14.5 Å². The minimum Gasteiger partial charge on any atom is -0.369 e. The molecule has 0 aliphatic carbocycles. The van der Waals surface area contributed by atoms with Gasteiger partial charge in [0.15, 0.2) is 9.84 Å². The van der Waals surface area contributed by atoms with E-state index in [1.807, 2.05) is 12.1 Å². The van der Waals surface area contributed by atoms with Crippen molar-refractivity contribution in [1.82, 2.24) is 4.90 Å². The molecule has 0 saturated carbocycles. The molecular formula is C21H25N3O4S. The Balaban J connectivity index is 1.66. The maximum absolute atomic E-state index is 12.6. The minimum absolute atomic E-state index is 0.00298. The number of nitrogens with zero attached hydrogens (tertiary/aromatic N) is 1. The number of benzene rings is 2. The number of primary amides is 1. The Hall–Kier alpha value is -2.71. The van der Waals surface area contributed by atoms with Gasteiger partial charge in [-0.05, 0) is 49.2 Å². The van der Waals surface area contributed by atoms with Crippen LogP contribution < -0.4 is 11.1 Å². The number of amides is 2. The van der Waals surface area contributed by atoms with Crippen molar-refractivity contribution < 1.29 is 18.0 Å². The summed E-state index contributed by atoms with van der Waals surface area (Å²) < 4.78 is 23.8. The average Bonchev–Trinajstić information content (AvgIpc) is 2.69. The zero-order valence-electron chi connectivity index (χ0n) is 16.3. The lowest BCUT2D eigenvalue weighted by atomic mass is 9.97. The van der Waals surface area contributed by atoms with Gasteiger partial charge in [-0.15, -0.1) is 0 Å². The molecule has 1 aliphatic rings. The van der Waals surface area contributed by atoms with Crippen molar-refractivity contribution in [3.63, 3.8) is 0 Å². The van der Waals surface area contributed by atoms with Crippen LogP contribution >= 0.6 is 0 Å². The van der Waals surface area contributed by atoms with E-state index in [-0.39, 0.29) is 22.3 Å². The summed E-state index contributed by atoms with van der Waals surface area (Å²) >= 11 is 0. The van der Waals surface area contributed by atoms with Crippen molar-refractivity contribution in [2.75, 3.05) is 24.7 Å². The fourth-order valence-electron chi connectivity index (χ4n) is 3.56. The predicted molar refractivity (Wildman–Crippen MR) is 111 cm³/mol. The summed E-state index contributed by atoms with van der Waals surface area (Å²) in [5, 5.41) is 2.75. The first-order chi connectivity index (χ1) is 13.7. The highest BCUT2D eigenvalue weighted by Gasteiger charge is 2.24. The summed E-state index contributed by atoms with van der Waals surface area (Å²) in [5.41, 5.74) is 7.19. The van der Waals surface area contributed by atoms with Gasteiger partial charge in [0.25, 0.3) is 5.91 Å². The molecule has 29 heavy (non-hydrogen) atoms. The minimum atomic E-state index is -3.50. The second kappa shape index (κ2) is 8.75. The molecule has 0 spiro atoms. The molecule has 1 aliphatic heterocycles. The Labute approximate surface area is 170 Å². The summed E-state index contributed by atoms with van der Waals surface area (Å²) in [6, 6.07) is 13.5. The van der Waals surface area contributed by atoms with Gasteiger partial charge in [0.05, 0.1) is 16.4 Å². The van der Waals surface area contributed by atoms with E-state index in [1.54, 1.807) is 24.3 Å². The zero-order valence-corrected chi connectivity index (χ0v) is 17.1. The highest BCUT2D eigenvalue weighted by Crippen LogP contribution is 2.20. The highest BCUT2D eigenvalue weighted by molar-refractivity contribution is 7.90. The van der Waals surface area contributed by atoms with Crippen LogP contribution in [0.5, 0.6) is 0 Å². The fourth-order valence-corrected chi connectivity index (χ4v) is 4.45. The molecule has 1 saturated heterocycles. The van der Waals surface area contributed by atoms with Crippen LogP contribution in [0, 0.1) is 5.92 Å². The van der Waals surface area contributed by atoms with Crippen LogP contribution in [0.25, 0.3) is 0 Å². The monoisotopic (exact) mass is 415 g/mol. The SMILES string of the molecule is CS(=O)(=O)c1ccccc1C(=O)Nc1ccc(CN2CCCC(C(N)=O)C2)cc1. The van der Waals surface area contributed by atoms with E-state index in [0.717, 1.165) is 31.2 Å². The van der Waals surface area contributed by atoms with Gasteiger partial charge in [-0.1, -0.05) is 24.3 Å². The summed E-state index contributed by atoms with van der Waals surface area (Å²) in [6.07, 6.45) is 2.87. The Bertz CT molecular complexity index is 1000. The number of likely N-dealkylation sites (tertiary alicyclic amines) is 1. The summed E-state index contributed by atoms with van der Waals surface area (Å²) in [5.74, 6) is -0.821. The maximum Gasteiger partial charge on any atom is 0.256 e. The molecule has 0 radical (unpaired) electrons. The van der Waals surface area contributed by atoms with Gasteiger partial charge >= 0.3 is 0 Å². The third kappa shape index (κ3) is 5.42. The molecule has 0 aromatic heterocycles. The zero-order chi connectivity index (χ0) is 21.0. The second-order valence-electron chi connectivity index (χ2n) is 7.40. The van der Waals surface area contributed by atoms with Gasteiger partial charge in [-0.25, -0.2) is 8.42 Å². The Morgan fingerprint density at radius 2 is 1.83 bits per heavy atom. The molecule has 3 rings (SSSR count). The molecule has 8 heteroatoms. The van der Waals surface area contributed by atoms with Crippen molar-refractivity contribution in [2.24, 2.45) is 11.7 Å². The van der Waals surface area contributed by atoms with Gasteiger partial charge < -0.3 is 11.1 Å². The van der Waals surface area contributed by atoms with Crippen molar-refractivity contribution in [3.05, 3.63) is 59.7 Å². The first-order valence-electron chi connectivity index (χ1n) is 9.45. The number of anilines is 1. The molecule has 2 aromatic carbocycles. The van der Waals surface area contributed by atoms with Crippen molar-refractivity contribution in [2.45, 2.75) is 24.3 Å². The van der Waals surface area contributed by atoms with E-state index in [0.29, 0.717) is 18.8 Å². The first kappa shape index (κ1) is 21.0. The Morgan fingerprint density at radius 3 is 2.48 bits per heavy atom. The van der Waals surface area contributed by atoms with E-state index >= 15 is 0 Å². The smallest absolute Gasteiger partial charge is 0.256 e. The predicted octanol–water partition coefficient (Wildman–Crippen LogP) is 2.04. The lowest BCUT2D eigenvalue weighted by molar-refractivity contribution is -0.123. The number of rotatable bonds is 6. The molecular weight excluding hydrogens is 390 g/mol. The highest BCUT2D eigenvalue weighted by atomic mass is 32.2. The summed E-state index contributed by atoms with van der Waals surface area (Å²) in [7, 11) is -3.50. The molecule has 3 N–H and O–H groups in total. The lowest BCUT2D eigenvalue weighted by Crippen LogP contribution is -2.40. The largest absolute Gasteiger partial charge is 0.369 e. The Morgan fingerprint density at radius 1 is 1.14 bits per heavy atom. The molecule has 7 nitrogen and oxygen atoms in total. The molecule has 1 fully saturated rings. The van der Waals surface area contributed by atoms with Crippen LogP contribution in [0.15, 0.2) is 53.4 Å². The number of carbonyl (C=O) groups excluding carboxylic acids is 2. The van der Waals surface area contributed by atoms with Gasteiger partial charge in [0.2, 0.25) is 5.91 Å². The van der Waals surface area contributed by atoms with Crippen LogP contribution in [0.3, 0.4) is 0 Å². The number of hydrogen-bond donors (Lipinski definition) is 2. The number of piperidine rings is 1. The van der Waals surface area contributed by atoms with Crippen LogP contribution in [-0.2, 0) is 21.2 Å². The quantitative estimate of drug-likeness (QED) is 0.750. The van der Waals surface area contributed by atoms with Gasteiger partial charge in [-0.2, -0.15) is 0 Å². The molecule has 1 heterocycles. The molecule has 154 valence electrons. The van der Waals surface area contributed by atoms with Crippen molar-refractivity contribution in [1.29, 1.82) is 0 Å². The second-order valence-corrected chi connectivity index (χ2v) is 9.38. The number of sulfone groups is 1. The molecule has 1 atom stereocenters. The third-order valence-corrected chi connectivity index (χ3v) is 6.21. The lowest BCUT2D eigenvalue weighted by Gasteiger charge is -2.31. The molecule has 1 unspecified atom stereocenters. The van der Waals surface area contributed by atoms with Crippen molar-refractivity contribution in [3.8, 4) is 0 Å². The normalized spacial score (nSPS) is 17.6. The van der Waals surface area contributed by atoms with Gasteiger partial charge in [0, 0.05) is 25.0 Å². The molecule has 2 aromatic rings. The van der Waals surface area contributed by atoms with Crippen LogP contribution in [0.1, 0.15) is 28.8 Å². The number of hydrogen-bond acceptors (Lipinski definition) is 5. The van der Waals surface area contributed by atoms with E-state index in [4.69, 9.17) is 5.73 Å². The number of nitrogens with two attached hydrogens (primary N) is 1. The topological polar surface area (TPSA) is 110 Å². The van der Waals surface area contributed by atoms with E-state index in [9.17, 15) is 18.0 Å². The first-order valence-corrected chi connectivity index (χ1v) is 11.3.